The van der Waals surface area contributed by atoms with Crippen LogP contribution in [0.1, 0.15) is 25.8 Å². The van der Waals surface area contributed by atoms with E-state index < -0.39 is 0 Å². The summed E-state index contributed by atoms with van der Waals surface area (Å²) in [7, 11) is 1.64. The predicted octanol–water partition coefficient (Wildman–Crippen LogP) is 2.13. The summed E-state index contributed by atoms with van der Waals surface area (Å²) in [5.41, 5.74) is 1.11. The summed E-state index contributed by atoms with van der Waals surface area (Å²) in [6.07, 6.45) is 0.717. The van der Waals surface area contributed by atoms with E-state index in [1.165, 1.54) is 0 Å². The largest absolute Gasteiger partial charge is 0.497 e. The summed E-state index contributed by atoms with van der Waals surface area (Å²) in [5, 5.41) is 3.19. The molecule has 0 aliphatic heterocycles. The Morgan fingerprint density at radius 2 is 1.94 bits per heavy atom. The van der Waals surface area contributed by atoms with Crippen LogP contribution in [0.2, 0.25) is 0 Å². The van der Waals surface area contributed by atoms with Crippen LogP contribution in [-0.4, -0.2) is 25.7 Å². The van der Waals surface area contributed by atoms with Crippen molar-refractivity contribution in [2.75, 3.05) is 13.7 Å². The van der Waals surface area contributed by atoms with Crippen molar-refractivity contribution in [2.45, 2.75) is 32.9 Å². The van der Waals surface area contributed by atoms with Gasteiger partial charge in [-0.2, -0.15) is 0 Å². The zero-order valence-electron chi connectivity index (χ0n) is 11.2. The Bertz CT molecular complexity index is 362. The average Bonchev–Trinajstić information content (AvgIpc) is 2.40. The first-order chi connectivity index (χ1) is 8.71. The summed E-state index contributed by atoms with van der Waals surface area (Å²) < 4.78 is 10.1. The molecule has 18 heavy (non-hydrogen) atoms. The summed E-state index contributed by atoms with van der Waals surface area (Å²) >= 11 is 0. The van der Waals surface area contributed by atoms with Crippen LogP contribution < -0.4 is 10.1 Å². The van der Waals surface area contributed by atoms with Crippen LogP contribution in [0.15, 0.2) is 24.3 Å². The standard InChI is InChI=1S/C14H21NO3/c1-4-13(14(16)18-5-2)15-10-11-6-8-12(17-3)9-7-11/h6-9,13,15H,4-5,10H2,1-3H3. The molecule has 100 valence electrons. The van der Waals surface area contributed by atoms with Crippen LogP contribution in [0.5, 0.6) is 5.75 Å². The average molecular weight is 251 g/mol. The van der Waals surface area contributed by atoms with Crippen molar-refractivity contribution in [1.29, 1.82) is 0 Å². The predicted molar refractivity (Wildman–Crippen MR) is 70.5 cm³/mol. The molecule has 1 unspecified atom stereocenters. The number of esters is 1. The van der Waals surface area contributed by atoms with E-state index in [1.807, 2.05) is 38.1 Å². The van der Waals surface area contributed by atoms with Gasteiger partial charge in [0.05, 0.1) is 13.7 Å². The number of methoxy groups -OCH3 is 1. The van der Waals surface area contributed by atoms with Gasteiger partial charge in [0, 0.05) is 6.54 Å². The second-order valence-electron chi connectivity index (χ2n) is 3.94. The smallest absolute Gasteiger partial charge is 0.323 e. The molecule has 0 fully saturated rings. The molecule has 0 spiro atoms. The number of nitrogens with one attached hydrogen (secondary N) is 1. The summed E-state index contributed by atoms with van der Waals surface area (Å²) in [6, 6.07) is 7.52. The van der Waals surface area contributed by atoms with Gasteiger partial charge in [0.15, 0.2) is 0 Å². The minimum Gasteiger partial charge on any atom is -0.497 e. The third kappa shape index (κ3) is 4.37. The molecule has 0 aliphatic rings. The van der Waals surface area contributed by atoms with Crippen LogP contribution in [0, 0.1) is 0 Å². The quantitative estimate of drug-likeness (QED) is 0.754. The second kappa shape index (κ2) is 7.71. The van der Waals surface area contributed by atoms with E-state index in [1.54, 1.807) is 7.11 Å². The van der Waals surface area contributed by atoms with E-state index in [0.29, 0.717) is 13.2 Å². The monoisotopic (exact) mass is 251 g/mol. The molecule has 1 N–H and O–H groups in total. The number of hydrogen-bond acceptors (Lipinski definition) is 4. The highest BCUT2D eigenvalue weighted by Crippen LogP contribution is 2.11. The highest BCUT2D eigenvalue weighted by molar-refractivity contribution is 5.75. The second-order valence-corrected chi connectivity index (χ2v) is 3.94. The van der Waals surface area contributed by atoms with Gasteiger partial charge in [-0.25, -0.2) is 0 Å². The SMILES string of the molecule is CCOC(=O)C(CC)NCc1ccc(OC)cc1. The van der Waals surface area contributed by atoms with Crippen LogP contribution in [0.4, 0.5) is 0 Å². The van der Waals surface area contributed by atoms with Gasteiger partial charge < -0.3 is 14.8 Å². The molecule has 0 aliphatic carbocycles. The van der Waals surface area contributed by atoms with Crippen molar-refractivity contribution in [3.8, 4) is 5.75 Å². The van der Waals surface area contributed by atoms with Gasteiger partial charge in [0.2, 0.25) is 0 Å². The molecule has 1 atom stereocenters. The minimum atomic E-state index is -0.243. The lowest BCUT2D eigenvalue weighted by Gasteiger charge is -2.15. The molecule has 0 heterocycles. The molecule has 0 radical (unpaired) electrons. The molecule has 1 rings (SSSR count). The van der Waals surface area contributed by atoms with Crippen LogP contribution >= 0.6 is 0 Å². The van der Waals surface area contributed by atoms with Crippen molar-refractivity contribution in [3.05, 3.63) is 29.8 Å². The first kappa shape index (κ1) is 14.5. The molecule has 0 bridgehead atoms. The van der Waals surface area contributed by atoms with Gasteiger partial charge >= 0.3 is 5.97 Å². The zero-order valence-corrected chi connectivity index (χ0v) is 11.2. The van der Waals surface area contributed by atoms with E-state index >= 15 is 0 Å². The van der Waals surface area contributed by atoms with Crippen LogP contribution in [0.3, 0.4) is 0 Å². The fourth-order valence-corrected chi connectivity index (χ4v) is 1.62. The third-order valence-electron chi connectivity index (χ3n) is 2.69. The highest BCUT2D eigenvalue weighted by atomic mass is 16.5. The Labute approximate surface area is 108 Å². The molecule has 0 amide bonds. The fourth-order valence-electron chi connectivity index (χ4n) is 1.62. The van der Waals surface area contributed by atoms with Crippen molar-refractivity contribution >= 4 is 5.97 Å². The molecule has 0 aromatic heterocycles. The first-order valence-corrected chi connectivity index (χ1v) is 6.24. The summed E-state index contributed by atoms with van der Waals surface area (Å²) in [6.45, 7) is 4.83. The Kier molecular flexibility index (Phi) is 6.22. The van der Waals surface area contributed by atoms with E-state index in [9.17, 15) is 4.79 Å². The molecular formula is C14H21NO3. The molecule has 1 aromatic carbocycles. The van der Waals surface area contributed by atoms with Crippen molar-refractivity contribution < 1.29 is 14.3 Å². The Morgan fingerprint density at radius 3 is 2.44 bits per heavy atom. The minimum absolute atomic E-state index is 0.187. The Balaban J connectivity index is 2.48. The van der Waals surface area contributed by atoms with Gasteiger partial charge in [-0.1, -0.05) is 19.1 Å². The maximum atomic E-state index is 11.6. The topological polar surface area (TPSA) is 47.6 Å². The first-order valence-electron chi connectivity index (χ1n) is 6.24. The van der Waals surface area contributed by atoms with E-state index in [2.05, 4.69) is 5.32 Å². The maximum absolute atomic E-state index is 11.6. The van der Waals surface area contributed by atoms with Gasteiger partial charge in [0.1, 0.15) is 11.8 Å². The fraction of sp³-hybridized carbons (Fsp3) is 0.500. The molecule has 4 nitrogen and oxygen atoms in total. The van der Waals surface area contributed by atoms with Gasteiger partial charge in [-0.3, -0.25) is 4.79 Å². The van der Waals surface area contributed by atoms with Crippen molar-refractivity contribution in [2.24, 2.45) is 0 Å². The Morgan fingerprint density at radius 1 is 1.28 bits per heavy atom. The lowest BCUT2D eigenvalue weighted by molar-refractivity contribution is -0.145. The van der Waals surface area contributed by atoms with Crippen LogP contribution in [0.25, 0.3) is 0 Å². The molecule has 0 saturated heterocycles. The lowest BCUT2D eigenvalue weighted by atomic mass is 10.2. The van der Waals surface area contributed by atoms with Gasteiger partial charge in [0.25, 0.3) is 0 Å². The highest BCUT2D eigenvalue weighted by Gasteiger charge is 2.16. The molecule has 1 aromatic rings. The van der Waals surface area contributed by atoms with Crippen LogP contribution in [-0.2, 0) is 16.1 Å². The number of benzene rings is 1. The number of rotatable bonds is 7. The van der Waals surface area contributed by atoms with E-state index in [4.69, 9.17) is 9.47 Å². The number of carbonyl (C=O) groups excluding carboxylic acids is 1. The van der Waals surface area contributed by atoms with Gasteiger partial charge in [-0.05, 0) is 31.0 Å². The molecule has 0 saturated carbocycles. The molecular weight excluding hydrogens is 230 g/mol. The summed E-state index contributed by atoms with van der Waals surface area (Å²) in [4.78, 5) is 11.6. The number of carbonyl (C=O) groups is 1. The van der Waals surface area contributed by atoms with Crippen molar-refractivity contribution in [1.82, 2.24) is 5.32 Å². The lowest BCUT2D eigenvalue weighted by Crippen LogP contribution is -2.37. The van der Waals surface area contributed by atoms with Gasteiger partial charge in [-0.15, -0.1) is 0 Å². The Hall–Kier alpha value is -1.55. The zero-order chi connectivity index (χ0) is 13.4. The van der Waals surface area contributed by atoms with Crippen molar-refractivity contribution in [3.63, 3.8) is 0 Å². The molecule has 4 heteroatoms. The normalized spacial score (nSPS) is 11.9. The maximum Gasteiger partial charge on any atom is 0.323 e. The van der Waals surface area contributed by atoms with E-state index in [-0.39, 0.29) is 12.0 Å². The number of hydrogen-bond donors (Lipinski definition) is 1. The summed E-state index contributed by atoms with van der Waals surface area (Å²) in [5.74, 6) is 0.643. The number of ether oxygens (including phenoxy) is 2. The van der Waals surface area contributed by atoms with E-state index in [0.717, 1.165) is 17.7 Å². The third-order valence-corrected chi connectivity index (χ3v) is 2.69.